The number of nitrogens with zero attached hydrogens (tertiary/aromatic N) is 1. The van der Waals surface area contributed by atoms with Crippen LogP contribution in [0.3, 0.4) is 0 Å². The third kappa shape index (κ3) is 3.10. The normalized spacial score (nSPS) is 10.4. The third-order valence-electron chi connectivity index (χ3n) is 3.45. The minimum absolute atomic E-state index is 0.0679. The van der Waals surface area contributed by atoms with Gasteiger partial charge in [-0.3, -0.25) is 4.79 Å². The van der Waals surface area contributed by atoms with Gasteiger partial charge in [-0.25, -0.2) is 0 Å². The van der Waals surface area contributed by atoms with Crippen LogP contribution in [0.2, 0.25) is 0 Å². The van der Waals surface area contributed by atoms with Gasteiger partial charge in [0.2, 0.25) is 0 Å². The van der Waals surface area contributed by atoms with Gasteiger partial charge >= 0.3 is 0 Å². The van der Waals surface area contributed by atoms with Crippen molar-refractivity contribution in [2.75, 3.05) is 11.9 Å². The standard InChI is InChI=1S/C17H18BrNO/c1-4-13-5-7-14(8-6-13)19(3)15-9-10-16(12(2)20)17(18)11-15/h5-11H,4H2,1-3H3. The van der Waals surface area contributed by atoms with Crippen molar-refractivity contribution in [3.63, 3.8) is 0 Å². The molecule has 0 saturated carbocycles. The van der Waals surface area contributed by atoms with E-state index in [1.807, 2.05) is 25.2 Å². The predicted molar refractivity (Wildman–Crippen MR) is 88.0 cm³/mol. The van der Waals surface area contributed by atoms with Crippen LogP contribution in [0.15, 0.2) is 46.9 Å². The summed E-state index contributed by atoms with van der Waals surface area (Å²) >= 11 is 3.46. The summed E-state index contributed by atoms with van der Waals surface area (Å²) in [5.74, 6) is 0.0679. The number of Topliss-reactive ketones (excluding diaryl/α,β-unsaturated/α-hetero) is 1. The number of carbonyl (C=O) groups excluding carboxylic acids is 1. The van der Waals surface area contributed by atoms with E-state index in [0.29, 0.717) is 5.56 Å². The largest absolute Gasteiger partial charge is 0.345 e. The highest BCUT2D eigenvalue weighted by molar-refractivity contribution is 9.10. The molecule has 0 atom stereocenters. The van der Waals surface area contributed by atoms with Crippen LogP contribution in [0.25, 0.3) is 0 Å². The van der Waals surface area contributed by atoms with Crippen LogP contribution in [-0.4, -0.2) is 12.8 Å². The summed E-state index contributed by atoms with van der Waals surface area (Å²) in [4.78, 5) is 13.5. The summed E-state index contributed by atoms with van der Waals surface area (Å²) in [5.41, 5.74) is 4.22. The predicted octanol–water partition coefficient (Wildman–Crippen LogP) is 4.98. The van der Waals surface area contributed by atoms with Gasteiger partial charge in [0.15, 0.2) is 5.78 Å². The van der Waals surface area contributed by atoms with Crippen molar-refractivity contribution in [1.29, 1.82) is 0 Å². The van der Waals surface area contributed by atoms with Crippen molar-refractivity contribution in [2.45, 2.75) is 20.3 Å². The molecule has 0 amide bonds. The van der Waals surface area contributed by atoms with Gasteiger partial charge in [-0.05, 0) is 65.2 Å². The van der Waals surface area contributed by atoms with Crippen LogP contribution in [0.1, 0.15) is 29.8 Å². The zero-order chi connectivity index (χ0) is 14.7. The van der Waals surface area contributed by atoms with Gasteiger partial charge in [0.05, 0.1) is 0 Å². The molecule has 20 heavy (non-hydrogen) atoms. The second-order valence-electron chi connectivity index (χ2n) is 4.80. The maximum Gasteiger partial charge on any atom is 0.160 e. The van der Waals surface area contributed by atoms with Gasteiger partial charge < -0.3 is 4.90 Å². The summed E-state index contributed by atoms with van der Waals surface area (Å²) in [7, 11) is 2.02. The molecule has 0 N–H and O–H groups in total. The Hall–Kier alpha value is -1.61. The summed E-state index contributed by atoms with van der Waals surface area (Å²) in [6.45, 7) is 3.73. The fourth-order valence-electron chi connectivity index (χ4n) is 2.10. The van der Waals surface area contributed by atoms with Crippen LogP contribution in [0.5, 0.6) is 0 Å². The molecule has 0 radical (unpaired) electrons. The smallest absolute Gasteiger partial charge is 0.160 e. The van der Waals surface area contributed by atoms with E-state index in [-0.39, 0.29) is 5.78 Å². The molecule has 3 heteroatoms. The molecular formula is C17H18BrNO. The molecule has 2 nitrogen and oxygen atoms in total. The summed E-state index contributed by atoms with van der Waals surface area (Å²) in [6, 6.07) is 14.3. The van der Waals surface area contributed by atoms with Crippen LogP contribution in [0, 0.1) is 0 Å². The Balaban J connectivity index is 2.30. The number of carbonyl (C=O) groups is 1. The van der Waals surface area contributed by atoms with Gasteiger partial charge in [0, 0.05) is 28.5 Å². The average molecular weight is 332 g/mol. The lowest BCUT2D eigenvalue weighted by molar-refractivity contribution is 0.101. The maximum atomic E-state index is 11.4. The lowest BCUT2D eigenvalue weighted by Gasteiger charge is -2.20. The average Bonchev–Trinajstić information content (AvgIpc) is 2.46. The monoisotopic (exact) mass is 331 g/mol. The highest BCUT2D eigenvalue weighted by Gasteiger charge is 2.09. The number of aryl methyl sites for hydroxylation is 1. The molecule has 0 aliphatic rings. The quantitative estimate of drug-likeness (QED) is 0.736. The molecule has 0 bridgehead atoms. The van der Waals surface area contributed by atoms with Gasteiger partial charge in [-0.1, -0.05) is 19.1 Å². The number of halogens is 1. The number of anilines is 2. The van der Waals surface area contributed by atoms with E-state index in [9.17, 15) is 4.79 Å². The number of hydrogen-bond donors (Lipinski definition) is 0. The van der Waals surface area contributed by atoms with Crippen molar-refractivity contribution >= 4 is 33.1 Å². The highest BCUT2D eigenvalue weighted by atomic mass is 79.9. The summed E-state index contributed by atoms with van der Waals surface area (Å²) < 4.78 is 0.833. The molecule has 0 aliphatic heterocycles. The molecule has 0 aliphatic carbocycles. The molecule has 2 rings (SSSR count). The van der Waals surface area contributed by atoms with Crippen LogP contribution < -0.4 is 4.90 Å². The number of hydrogen-bond acceptors (Lipinski definition) is 2. The van der Waals surface area contributed by atoms with Gasteiger partial charge in [0.25, 0.3) is 0 Å². The van der Waals surface area contributed by atoms with Gasteiger partial charge in [-0.15, -0.1) is 0 Å². The zero-order valence-electron chi connectivity index (χ0n) is 12.0. The third-order valence-corrected chi connectivity index (χ3v) is 4.11. The fraction of sp³-hybridized carbons (Fsp3) is 0.235. The highest BCUT2D eigenvalue weighted by Crippen LogP contribution is 2.28. The number of ketones is 1. The Labute approximate surface area is 128 Å². The minimum atomic E-state index is 0.0679. The minimum Gasteiger partial charge on any atom is -0.345 e. The van der Waals surface area contributed by atoms with Crippen molar-refractivity contribution in [3.05, 3.63) is 58.1 Å². The first-order valence-corrected chi connectivity index (χ1v) is 7.45. The van der Waals surface area contributed by atoms with Gasteiger partial charge in [-0.2, -0.15) is 0 Å². The molecule has 0 unspecified atom stereocenters. The Kier molecular flexibility index (Phi) is 4.61. The SMILES string of the molecule is CCc1ccc(N(C)c2ccc(C(C)=O)c(Br)c2)cc1. The summed E-state index contributed by atoms with van der Waals surface area (Å²) in [5, 5.41) is 0. The van der Waals surface area contributed by atoms with E-state index in [2.05, 4.69) is 52.0 Å². The first-order valence-electron chi connectivity index (χ1n) is 6.66. The molecule has 2 aromatic rings. The van der Waals surface area contributed by atoms with E-state index in [1.54, 1.807) is 6.92 Å². The molecule has 2 aromatic carbocycles. The first kappa shape index (κ1) is 14.8. The Morgan fingerprint density at radius 2 is 1.70 bits per heavy atom. The van der Waals surface area contributed by atoms with Crippen molar-refractivity contribution < 1.29 is 4.79 Å². The molecule has 0 aromatic heterocycles. The van der Waals surface area contributed by atoms with Crippen LogP contribution in [-0.2, 0) is 6.42 Å². The molecule has 0 spiro atoms. The lowest BCUT2D eigenvalue weighted by Crippen LogP contribution is -2.10. The lowest BCUT2D eigenvalue weighted by atomic mass is 10.1. The molecule has 104 valence electrons. The molecule has 0 saturated heterocycles. The first-order chi connectivity index (χ1) is 9.52. The number of rotatable bonds is 4. The van der Waals surface area contributed by atoms with E-state index < -0.39 is 0 Å². The molecular weight excluding hydrogens is 314 g/mol. The Morgan fingerprint density at radius 3 is 2.20 bits per heavy atom. The van der Waals surface area contributed by atoms with Crippen molar-refractivity contribution in [3.8, 4) is 0 Å². The molecule has 0 fully saturated rings. The Bertz CT molecular complexity index is 619. The van der Waals surface area contributed by atoms with E-state index >= 15 is 0 Å². The topological polar surface area (TPSA) is 20.3 Å². The second-order valence-corrected chi connectivity index (χ2v) is 5.65. The van der Waals surface area contributed by atoms with Crippen LogP contribution >= 0.6 is 15.9 Å². The molecule has 0 heterocycles. The zero-order valence-corrected chi connectivity index (χ0v) is 13.6. The van der Waals surface area contributed by atoms with E-state index in [0.717, 1.165) is 22.3 Å². The van der Waals surface area contributed by atoms with Crippen LogP contribution in [0.4, 0.5) is 11.4 Å². The number of benzene rings is 2. The van der Waals surface area contributed by atoms with Crippen molar-refractivity contribution in [2.24, 2.45) is 0 Å². The fourth-order valence-corrected chi connectivity index (χ4v) is 2.75. The maximum absolute atomic E-state index is 11.4. The Morgan fingerprint density at radius 1 is 1.10 bits per heavy atom. The van der Waals surface area contributed by atoms with Crippen molar-refractivity contribution in [1.82, 2.24) is 0 Å². The second kappa shape index (κ2) is 6.23. The summed E-state index contributed by atoms with van der Waals surface area (Å²) in [6.07, 6.45) is 1.04. The van der Waals surface area contributed by atoms with Gasteiger partial charge in [0.1, 0.15) is 0 Å². The van der Waals surface area contributed by atoms with E-state index in [4.69, 9.17) is 0 Å². The van der Waals surface area contributed by atoms with E-state index in [1.165, 1.54) is 5.56 Å².